The molecule has 1 aliphatic carbocycles. The standard InChI is InChI=1S/C12H21NO/c1-8(2)5-10-6-9(3)12(14-4)11(13)7-10/h6,8,11H,5,7,13H2,1-4H3. The number of methoxy groups -OCH3 is 1. The van der Waals surface area contributed by atoms with Gasteiger partial charge in [0.2, 0.25) is 0 Å². The molecule has 0 aromatic heterocycles. The van der Waals surface area contributed by atoms with Gasteiger partial charge in [0, 0.05) is 0 Å². The molecule has 80 valence electrons. The average molecular weight is 195 g/mol. The van der Waals surface area contributed by atoms with Crippen molar-refractivity contribution in [2.75, 3.05) is 7.11 Å². The lowest BCUT2D eigenvalue weighted by Gasteiger charge is -2.24. The topological polar surface area (TPSA) is 35.2 Å². The maximum atomic E-state index is 6.02. The van der Waals surface area contributed by atoms with Crippen LogP contribution >= 0.6 is 0 Å². The molecule has 2 nitrogen and oxygen atoms in total. The first-order chi connectivity index (χ1) is 6.54. The molecule has 2 N–H and O–H groups in total. The third-order valence-corrected chi connectivity index (χ3v) is 2.52. The normalized spacial score (nSPS) is 22.7. The van der Waals surface area contributed by atoms with Crippen LogP contribution in [0, 0.1) is 5.92 Å². The molecule has 2 heteroatoms. The van der Waals surface area contributed by atoms with E-state index < -0.39 is 0 Å². The van der Waals surface area contributed by atoms with Gasteiger partial charge in [-0.2, -0.15) is 0 Å². The highest BCUT2D eigenvalue weighted by molar-refractivity contribution is 5.33. The maximum absolute atomic E-state index is 6.02. The van der Waals surface area contributed by atoms with Crippen molar-refractivity contribution in [2.24, 2.45) is 11.7 Å². The molecule has 1 atom stereocenters. The summed E-state index contributed by atoms with van der Waals surface area (Å²) in [4.78, 5) is 0. The fraction of sp³-hybridized carbons (Fsp3) is 0.667. The summed E-state index contributed by atoms with van der Waals surface area (Å²) in [5.74, 6) is 1.64. The van der Waals surface area contributed by atoms with E-state index in [2.05, 4.69) is 26.8 Å². The highest BCUT2D eigenvalue weighted by Crippen LogP contribution is 2.27. The molecule has 1 unspecified atom stereocenters. The van der Waals surface area contributed by atoms with Crippen LogP contribution in [-0.2, 0) is 4.74 Å². The quantitative estimate of drug-likeness (QED) is 0.751. The number of nitrogens with two attached hydrogens (primary N) is 1. The predicted molar refractivity (Wildman–Crippen MR) is 59.8 cm³/mol. The lowest BCUT2D eigenvalue weighted by Crippen LogP contribution is -2.27. The molecule has 0 aromatic carbocycles. The van der Waals surface area contributed by atoms with Crippen molar-refractivity contribution < 1.29 is 4.74 Å². The Morgan fingerprint density at radius 1 is 1.57 bits per heavy atom. The van der Waals surface area contributed by atoms with Gasteiger partial charge >= 0.3 is 0 Å². The Bertz CT molecular complexity index is 263. The Morgan fingerprint density at radius 3 is 2.64 bits per heavy atom. The number of hydrogen-bond acceptors (Lipinski definition) is 2. The van der Waals surface area contributed by atoms with Gasteiger partial charge in [-0.25, -0.2) is 0 Å². The summed E-state index contributed by atoms with van der Waals surface area (Å²) in [6, 6.07) is 0.0544. The maximum Gasteiger partial charge on any atom is 0.115 e. The van der Waals surface area contributed by atoms with E-state index in [-0.39, 0.29) is 6.04 Å². The van der Waals surface area contributed by atoms with Crippen molar-refractivity contribution in [1.29, 1.82) is 0 Å². The van der Waals surface area contributed by atoms with Crippen molar-refractivity contribution in [3.8, 4) is 0 Å². The highest BCUT2D eigenvalue weighted by atomic mass is 16.5. The van der Waals surface area contributed by atoms with Crippen LogP contribution in [0.2, 0.25) is 0 Å². The molecule has 0 fully saturated rings. The van der Waals surface area contributed by atoms with E-state index in [4.69, 9.17) is 10.5 Å². The highest BCUT2D eigenvalue weighted by Gasteiger charge is 2.19. The van der Waals surface area contributed by atoms with E-state index in [1.165, 1.54) is 11.1 Å². The van der Waals surface area contributed by atoms with E-state index in [1.807, 2.05) is 0 Å². The molecule has 0 saturated heterocycles. The van der Waals surface area contributed by atoms with Gasteiger partial charge in [-0.1, -0.05) is 25.5 Å². The monoisotopic (exact) mass is 195 g/mol. The van der Waals surface area contributed by atoms with Crippen molar-refractivity contribution in [3.05, 3.63) is 23.0 Å². The molecular formula is C12H21NO. The van der Waals surface area contributed by atoms with Crippen LogP contribution in [0.25, 0.3) is 0 Å². The number of ether oxygens (including phenoxy) is 1. The van der Waals surface area contributed by atoms with Gasteiger partial charge in [0.15, 0.2) is 0 Å². The molecule has 0 spiro atoms. The van der Waals surface area contributed by atoms with Crippen LogP contribution in [0.4, 0.5) is 0 Å². The Hall–Kier alpha value is -0.760. The third kappa shape index (κ3) is 2.61. The average Bonchev–Trinajstić information content (AvgIpc) is 2.01. The first-order valence-electron chi connectivity index (χ1n) is 5.24. The molecular weight excluding hydrogens is 174 g/mol. The van der Waals surface area contributed by atoms with Crippen LogP contribution in [-0.4, -0.2) is 13.2 Å². The molecule has 0 radical (unpaired) electrons. The minimum absolute atomic E-state index is 0.0544. The van der Waals surface area contributed by atoms with Crippen molar-refractivity contribution in [3.63, 3.8) is 0 Å². The SMILES string of the molecule is COC1=C(C)C=C(CC(C)C)CC1N. The summed E-state index contributed by atoms with van der Waals surface area (Å²) in [5, 5.41) is 0. The van der Waals surface area contributed by atoms with E-state index >= 15 is 0 Å². The second-order valence-electron chi connectivity index (χ2n) is 4.46. The second-order valence-corrected chi connectivity index (χ2v) is 4.46. The molecule has 0 saturated carbocycles. The van der Waals surface area contributed by atoms with E-state index in [9.17, 15) is 0 Å². The fourth-order valence-corrected chi connectivity index (χ4v) is 2.08. The summed E-state index contributed by atoms with van der Waals surface area (Å²) in [7, 11) is 1.69. The molecule has 0 heterocycles. The fourth-order valence-electron chi connectivity index (χ4n) is 2.08. The van der Waals surface area contributed by atoms with Crippen LogP contribution in [0.1, 0.15) is 33.6 Å². The molecule has 1 aliphatic rings. The Balaban J connectivity index is 2.79. The molecule has 0 aromatic rings. The lowest BCUT2D eigenvalue weighted by atomic mass is 9.90. The minimum atomic E-state index is 0.0544. The van der Waals surface area contributed by atoms with Crippen LogP contribution in [0.3, 0.4) is 0 Å². The number of hydrogen-bond donors (Lipinski definition) is 1. The molecule has 0 aliphatic heterocycles. The van der Waals surface area contributed by atoms with E-state index in [0.717, 1.165) is 18.6 Å². The summed E-state index contributed by atoms with van der Waals surface area (Å²) >= 11 is 0. The summed E-state index contributed by atoms with van der Waals surface area (Å²) in [6.07, 6.45) is 4.31. The summed E-state index contributed by atoms with van der Waals surface area (Å²) in [6.45, 7) is 6.53. The van der Waals surface area contributed by atoms with Gasteiger partial charge in [0.05, 0.1) is 13.2 Å². The zero-order valence-corrected chi connectivity index (χ0v) is 9.63. The molecule has 0 bridgehead atoms. The van der Waals surface area contributed by atoms with E-state index in [1.54, 1.807) is 7.11 Å². The summed E-state index contributed by atoms with van der Waals surface area (Å²) in [5.41, 5.74) is 8.65. The zero-order valence-electron chi connectivity index (χ0n) is 9.63. The Kier molecular flexibility index (Phi) is 3.76. The molecule has 14 heavy (non-hydrogen) atoms. The van der Waals surface area contributed by atoms with Gasteiger partial charge in [-0.15, -0.1) is 0 Å². The lowest BCUT2D eigenvalue weighted by molar-refractivity contribution is 0.257. The Morgan fingerprint density at radius 2 is 2.21 bits per heavy atom. The second kappa shape index (κ2) is 4.65. The molecule has 0 amide bonds. The minimum Gasteiger partial charge on any atom is -0.499 e. The van der Waals surface area contributed by atoms with Gasteiger partial charge in [-0.05, 0) is 31.3 Å². The summed E-state index contributed by atoms with van der Waals surface area (Å²) < 4.78 is 5.28. The van der Waals surface area contributed by atoms with Crippen molar-refractivity contribution >= 4 is 0 Å². The molecule has 1 rings (SSSR count). The number of allylic oxidation sites excluding steroid dienone is 2. The first-order valence-corrected chi connectivity index (χ1v) is 5.24. The van der Waals surface area contributed by atoms with Crippen LogP contribution < -0.4 is 5.73 Å². The van der Waals surface area contributed by atoms with Gasteiger partial charge in [0.25, 0.3) is 0 Å². The predicted octanol–water partition coefficient (Wildman–Crippen LogP) is 2.61. The van der Waals surface area contributed by atoms with Crippen molar-refractivity contribution in [2.45, 2.75) is 39.7 Å². The third-order valence-electron chi connectivity index (χ3n) is 2.52. The van der Waals surface area contributed by atoms with Crippen LogP contribution in [0.5, 0.6) is 0 Å². The van der Waals surface area contributed by atoms with Gasteiger partial charge < -0.3 is 10.5 Å². The number of rotatable bonds is 3. The van der Waals surface area contributed by atoms with Gasteiger partial charge in [-0.3, -0.25) is 0 Å². The first kappa shape index (κ1) is 11.3. The largest absolute Gasteiger partial charge is 0.499 e. The smallest absolute Gasteiger partial charge is 0.115 e. The van der Waals surface area contributed by atoms with Crippen molar-refractivity contribution in [1.82, 2.24) is 0 Å². The van der Waals surface area contributed by atoms with Crippen LogP contribution in [0.15, 0.2) is 23.0 Å². The zero-order chi connectivity index (χ0) is 10.7. The Labute approximate surface area is 86.8 Å². The van der Waals surface area contributed by atoms with E-state index in [0.29, 0.717) is 5.92 Å². The van der Waals surface area contributed by atoms with Gasteiger partial charge in [0.1, 0.15) is 5.76 Å².